The molecule has 2 aliphatic rings. The van der Waals surface area contributed by atoms with Gasteiger partial charge in [0.1, 0.15) is 0 Å². The molecule has 12 heteroatoms. The van der Waals surface area contributed by atoms with Crippen LogP contribution in [0.2, 0.25) is 0 Å². The van der Waals surface area contributed by atoms with Gasteiger partial charge in [-0.05, 0) is 124 Å². The predicted molar refractivity (Wildman–Crippen MR) is 261 cm³/mol. The van der Waals surface area contributed by atoms with Gasteiger partial charge in [-0.1, -0.05) is 53.0 Å². The first-order chi connectivity index (χ1) is 30.0. The predicted octanol–water partition coefficient (Wildman–Crippen LogP) is 7.43. The normalized spacial score (nSPS) is 12.8. The molecule has 6 N–H and O–H groups in total. The summed E-state index contributed by atoms with van der Waals surface area (Å²) in [6.45, 7) is 35.8. The van der Waals surface area contributed by atoms with Gasteiger partial charge in [-0.2, -0.15) is 0 Å². The van der Waals surface area contributed by atoms with E-state index < -0.39 is 0 Å². The summed E-state index contributed by atoms with van der Waals surface area (Å²) in [5.41, 5.74) is 15.2. The lowest BCUT2D eigenvalue weighted by molar-refractivity contribution is -0.121. The summed E-state index contributed by atoms with van der Waals surface area (Å²) >= 11 is 0. The monoisotopic (exact) mass is 845 g/mol. The second-order valence-corrected chi connectivity index (χ2v) is 16.2. The van der Waals surface area contributed by atoms with E-state index >= 15 is 0 Å². The number of fused-ring (bicyclic) bond motifs is 8. The lowest BCUT2D eigenvalue weighted by Crippen LogP contribution is -2.36. The molecule has 0 spiro atoms. The molecule has 0 unspecified atom stereocenters. The molecule has 5 heterocycles. The SMILES string of the molecule is C=CC1=C(C)c2cc3[nH]c(cc4nc(cc5[nH]c(cc1n2)c(C)c5CCC(=O)NCCNCCN(CC)CC)C(CCC(=O)NCCNCCN(CC)CC)=C4C)c(C)c3C=C. The van der Waals surface area contributed by atoms with E-state index in [2.05, 4.69) is 134 Å². The zero-order valence-corrected chi connectivity index (χ0v) is 38.8. The fraction of sp³-hybridized carbons (Fsp3) is 0.480. The molecule has 0 radical (unpaired) electrons. The Bertz CT molecular complexity index is 2300. The van der Waals surface area contributed by atoms with E-state index in [4.69, 9.17) is 9.97 Å². The summed E-state index contributed by atoms with van der Waals surface area (Å²) in [6.07, 6.45) is 5.50. The zero-order chi connectivity index (χ0) is 44.8. The third-order valence-electron chi connectivity index (χ3n) is 12.5. The van der Waals surface area contributed by atoms with E-state index in [-0.39, 0.29) is 11.8 Å². The van der Waals surface area contributed by atoms with Crippen molar-refractivity contribution in [1.82, 2.24) is 51.0 Å². The molecule has 0 saturated heterocycles. The minimum absolute atomic E-state index is 0.00938. The quantitative estimate of drug-likeness (QED) is 0.0511. The van der Waals surface area contributed by atoms with E-state index in [1.165, 1.54) is 0 Å². The van der Waals surface area contributed by atoms with E-state index in [0.717, 1.165) is 155 Å². The Morgan fingerprint density at radius 3 is 1.68 bits per heavy atom. The maximum Gasteiger partial charge on any atom is 0.220 e. The number of rotatable bonds is 24. The van der Waals surface area contributed by atoms with Crippen molar-refractivity contribution in [2.24, 2.45) is 0 Å². The van der Waals surface area contributed by atoms with E-state index in [1.807, 2.05) is 12.2 Å². The molecule has 0 aromatic carbocycles. The Morgan fingerprint density at radius 2 is 1.10 bits per heavy atom. The maximum absolute atomic E-state index is 13.2. The summed E-state index contributed by atoms with van der Waals surface area (Å²) in [4.78, 5) is 49.0. The van der Waals surface area contributed by atoms with Crippen LogP contribution in [0.1, 0.15) is 106 Å². The average molecular weight is 845 g/mol. The number of H-pyrrole nitrogens is 2. The Balaban J connectivity index is 1.49. The number of aromatic nitrogens is 4. The van der Waals surface area contributed by atoms with Crippen molar-refractivity contribution in [2.75, 3.05) is 78.5 Å². The number of carbonyl (C=O) groups excluding carboxylic acids is 2. The zero-order valence-electron chi connectivity index (χ0n) is 38.8. The van der Waals surface area contributed by atoms with Crippen molar-refractivity contribution in [1.29, 1.82) is 0 Å². The molecule has 5 rings (SSSR count). The molecule has 0 saturated carbocycles. The minimum Gasteiger partial charge on any atom is -0.355 e. The molecule has 334 valence electrons. The molecule has 8 bridgehead atoms. The largest absolute Gasteiger partial charge is 0.355 e. The van der Waals surface area contributed by atoms with Crippen LogP contribution in [0.15, 0.2) is 43.5 Å². The molecule has 0 atom stereocenters. The van der Waals surface area contributed by atoms with Gasteiger partial charge in [-0.15, -0.1) is 0 Å². The number of hydrogen-bond acceptors (Lipinski definition) is 8. The highest BCUT2D eigenvalue weighted by Crippen LogP contribution is 2.36. The number of allylic oxidation sites excluding steroid dienone is 5. The van der Waals surface area contributed by atoms with Crippen molar-refractivity contribution in [3.05, 3.63) is 88.5 Å². The minimum atomic E-state index is 0.00938. The highest BCUT2D eigenvalue weighted by Gasteiger charge is 2.21. The van der Waals surface area contributed by atoms with Crippen LogP contribution in [0.4, 0.5) is 0 Å². The first kappa shape index (κ1) is 47.9. The number of aryl methyl sites for hydroxylation is 3. The second-order valence-electron chi connectivity index (χ2n) is 16.2. The van der Waals surface area contributed by atoms with Crippen molar-refractivity contribution in [2.45, 2.75) is 81.1 Å². The number of hydrogen-bond donors (Lipinski definition) is 6. The third kappa shape index (κ3) is 12.1. The van der Waals surface area contributed by atoms with E-state index in [1.54, 1.807) is 0 Å². The summed E-state index contributed by atoms with van der Waals surface area (Å²) < 4.78 is 0. The molecule has 12 nitrogen and oxygen atoms in total. The number of amides is 2. The van der Waals surface area contributed by atoms with Gasteiger partial charge in [-0.25, -0.2) is 9.97 Å². The van der Waals surface area contributed by atoms with Crippen LogP contribution in [0, 0.1) is 13.8 Å². The van der Waals surface area contributed by atoms with Crippen LogP contribution in [-0.4, -0.2) is 120 Å². The summed E-state index contributed by atoms with van der Waals surface area (Å²) in [7, 11) is 0. The Labute approximate surface area is 369 Å². The standard InChI is InChI=1S/C50H72N10O2/c1-11-37-33(7)41-29-42-35(9)39(17-19-49(61)53-23-21-51-25-27-59(13-3)14-4)47(57-42)32-48-40(18-20-50(62)54-24-22-52-26-28-60(15-5)16-6)36(10)44(58-48)31-46-38(12-2)34(8)43(56-46)30-45(37)55-41/h11-12,29-32,51-52,55,58H,1-2,13-28H2,3-10H3,(H,53,61)(H,54,62). The Hall–Kier alpha value is -5.14. The van der Waals surface area contributed by atoms with Crippen LogP contribution in [-0.2, 0) is 16.0 Å². The lowest BCUT2D eigenvalue weighted by atomic mass is 10.00. The van der Waals surface area contributed by atoms with E-state index in [9.17, 15) is 9.59 Å². The molecular weight excluding hydrogens is 773 g/mol. The fourth-order valence-electron chi connectivity index (χ4n) is 8.34. The number of likely N-dealkylation sites (N-methyl/N-ethyl adjacent to an activating group) is 2. The van der Waals surface area contributed by atoms with Crippen molar-refractivity contribution in [3.8, 4) is 0 Å². The summed E-state index contributed by atoms with van der Waals surface area (Å²) in [6, 6.07) is 8.36. The second kappa shape index (κ2) is 23.3. The maximum atomic E-state index is 13.2. The first-order valence-corrected chi connectivity index (χ1v) is 22.8. The average Bonchev–Trinajstić information content (AvgIpc) is 3.93. The van der Waals surface area contributed by atoms with Crippen LogP contribution >= 0.6 is 0 Å². The van der Waals surface area contributed by atoms with Crippen molar-refractivity contribution in [3.63, 3.8) is 0 Å². The third-order valence-corrected chi connectivity index (χ3v) is 12.5. The summed E-state index contributed by atoms with van der Waals surface area (Å²) in [5.74, 6) is 0.0212. The molecule has 3 aromatic heterocycles. The van der Waals surface area contributed by atoms with Gasteiger partial charge in [-0.3, -0.25) is 9.59 Å². The van der Waals surface area contributed by atoms with Gasteiger partial charge in [0.15, 0.2) is 0 Å². The number of nitrogens with zero attached hydrogens (tertiary/aromatic N) is 4. The van der Waals surface area contributed by atoms with Gasteiger partial charge in [0.2, 0.25) is 11.8 Å². The van der Waals surface area contributed by atoms with Gasteiger partial charge in [0.05, 0.1) is 22.8 Å². The number of carbonyl (C=O) groups is 2. The van der Waals surface area contributed by atoms with Crippen molar-refractivity contribution >= 4 is 62.2 Å². The molecule has 0 aliphatic carbocycles. The van der Waals surface area contributed by atoms with Gasteiger partial charge in [0.25, 0.3) is 0 Å². The van der Waals surface area contributed by atoms with Crippen LogP contribution in [0.3, 0.4) is 0 Å². The smallest absolute Gasteiger partial charge is 0.220 e. The Kier molecular flexibility index (Phi) is 18.0. The first-order valence-electron chi connectivity index (χ1n) is 22.8. The van der Waals surface area contributed by atoms with Gasteiger partial charge < -0.3 is 41.0 Å². The molecule has 62 heavy (non-hydrogen) atoms. The molecule has 2 amide bonds. The highest BCUT2D eigenvalue weighted by molar-refractivity contribution is 5.98. The number of aromatic amines is 2. The fourth-order valence-corrected chi connectivity index (χ4v) is 8.34. The topological polar surface area (TPSA) is 146 Å². The van der Waals surface area contributed by atoms with Gasteiger partial charge >= 0.3 is 0 Å². The molecular formula is C50H72N10O2. The lowest BCUT2D eigenvalue weighted by Gasteiger charge is -2.18. The molecule has 2 aliphatic heterocycles. The Morgan fingerprint density at radius 1 is 0.597 bits per heavy atom. The summed E-state index contributed by atoms with van der Waals surface area (Å²) in [5, 5.41) is 13.1. The molecule has 3 aromatic rings. The van der Waals surface area contributed by atoms with Gasteiger partial charge in [0, 0.05) is 98.4 Å². The highest BCUT2D eigenvalue weighted by atomic mass is 16.2. The number of nitrogens with one attached hydrogen (secondary N) is 6. The van der Waals surface area contributed by atoms with Crippen LogP contribution in [0.5, 0.6) is 0 Å². The molecule has 0 fully saturated rings. The van der Waals surface area contributed by atoms with Crippen LogP contribution in [0.25, 0.3) is 50.4 Å². The van der Waals surface area contributed by atoms with Crippen molar-refractivity contribution < 1.29 is 9.59 Å². The van der Waals surface area contributed by atoms with Crippen LogP contribution < -0.4 is 21.3 Å². The van der Waals surface area contributed by atoms with E-state index in [0.29, 0.717) is 38.8 Å².